The third-order valence-corrected chi connectivity index (χ3v) is 4.83. The summed E-state index contributed by atoms with van der Waals surface area (Å²) in [6.45, 7) is 7.06. The van der Waals surface area contributed by atoms with Gasteiger partial charge in [0.1, 0.15) is 24.5 Å². The number of nitrogens with one attached hydrogen (secondary N) is 1. The van der Waals surface area contributed by atoms with Crippen LogP contribution in [-0.2, 0) is 32.5 Å². The van der Waals surface area contributed by atoms with Crippen molar-refractivity contribution in [2.24, 2.45) is 4.99 Å². The van der Waals surface area contributed by atoms with Crippen molar-refractivity contribution in [1.82, 2.24) is 25.0 Å². The number of hydrogen-bond acceptors (Lipinski definition) is 4. The number of guanidine groups is 1. The molecular formula is C22H31IN6O. The number of furan rings is 1. The Labute approximate surface area is 195 Å². The molecule has 1 aromatic carbocycles. The molecule has 0 unspecified atom stereocenters. The average Bonchev–Trinajstić information content (AvgIpc) is 3.42. The molecule has 0 spiro atoms. The van der Waals surface area contributed by atoms with Crippen LogP contribution < -0.4 is 5.32 Å². The molecule has 2 aromatic heterocycles. The molecule has 0 radical (unpaired) electrons. The van der Waals surface area contributed by atoms with Crippen LogP contribution in [0.4, 0.5) is 0 Å². The molecule has 3 rings (SSSR count). The first-order valence-corrected chi connectivity index (χ1v) is 10.2. The number of aliphatic imine (C=N–C) groups is 1. The number of aryl methyl sites for hydroxylation is 2. The molecule has 8 heteroatoms. The summed E-state index contributed by atoms with van der Waals surface area (Å²) >= 11 is 0. The third-order valence-electron chi connectivity index (χ3n) is 4.83. The fourth-order valence-electron chi connectivity index (χ4n) is 3.12. The van der Waals surface area contributed by atoms with Crippen molar-refractivity contribution < 1.29 is 4.42 Å². The molecule has 30 heavy (non-hydrogen) atoms. The SMILES string of the molecule is CCc1ccc(CN(C)C(=NCc2ccco2)NCCn2cnnc2CC)cc1.I. The minimum Gasteiger partial charge on any atom is -0.467 e. The highest BCUT2D eigenvalue weighted by Crippen LogP contribution is 2.08. The largest absolute Gasteiger partial charge is 0.467 e. The molecular weight excluding hydrogens is 491 g/mol. The zero-order valence-electron chi connectivity index (χ0n) is 17.9. The lowest BCUT2D eigenvalue weighted by molar-refractivity contribution is 0.464. The van der Waals surface area contributed by atoms with Crippen LogP contribution in [0, 0.1) is 0 Å². The Morgan fingerprint density at radius 2 is 1.90 bits per heavy atom. The molecule has 3 aromatic rings. The van der Waals surface area contributed by atoms with Gasteiger partial charge in [0.05, 0.1) is 6.26 Å². The van der Waals surface area contributed by atoms with Crippen LogP contribution in [0.15, 0.2) is 58.4 Å². The van der Waals surface area contributed by atoms with E-state index in [0.29, 0.717) is 6.54 Å². The minimum absolute atomic E-state index is 0. The lowest BCUT2D eigenvalue weighted by Gasteiger charge is -2.23. The van der Waals surface area contributed by atoms with E-state index in [1.165, 1.54) is 11.1 Å². The molecule has 0 bridgehead atoms. The van der Waals surface area contributed by atoms with Gasteiger partial charge in [0, 0.05) is 33.1 Å². The maximum absolute atomic E-state index is 5.43. The van der Waals surface area contributed by atoms with Crippen molar-refractivity contribution in [2.45, 2.75) is 46.3 Å². The lowest BCUT2D eigenvalue weighted by Crippen LogP contribution is -2.40. The van der Waals surface area contributed by atoms with Crippen molar-refractivity contribution >= 4 is 29.9 Å². The van der Waals surface area contributed by atoms with Gasteiger partial charge in [0.25, 0.3) is 0 Å². The smallest absolute Gasteiger partial charge is 0.194 e. The molecule has 0 aliphatic carbocycles. The summed E-state index contributed by atoms with van der Waals surface area (Å²) in [6.07, 6.45) is 5.37. The van der Waals surface area contributed by atoms with Gasteiger partial charge in [-0.2, -0.15) is 0 Å². The topological polar surface area (TPSA) is 71.5 Å². The van der Waals surface area contributed by atoms with Gasteiger partial charge < -0.3 is 19.2 Å². The molecule has 0 saturated heterocycles. The summed E-state index contributed by atoms with van der Waals surface area (Å²) in [5.41, 5.74) is 2.60. The first-order chi connectivity index (χ1) is 14.2. The molecule has 0 aliphatic rings. The van der Waals surface area contributed by atoms with Gasteiger partial charge in [-0.05, 0) is 29.7 Å². The zero-order chi connectivity index (χ0) is 20.5. The zero-order valence-corrected chi connectivity index (χ0v) is 20.2. The van der Waals surface area contributed by atoms with Crippen LogP contribution in [0.3, 0.4) is 0 Å². The first-order valence-electron chi connectivity index (χ1n) is 10.2. The maximum atomic E-state index is 5.43. The Hall–Kier alpha value is -2.36. The van der Waals surface area contributed by atoms with E-state index in [0.717, 1.165) is 50.0 Å². The molecule has 0 aliphatic heterocycles. The van der Waals surface area contributed by atoms with Crippen LogP contribution in [0.1, 0.15) is 36.6 Å². The van der Waals surface area contributed by atoms with Gasteiger partial charge in [-0.1, -0.05) is 38.1 Å². The van der Waals surface area contributed by atoms with Gasteiger partial charge in [-0.3, -0.25) is 0 Å². The summed E-state index contributed by atoms with van der Waals surface area (Å²) in [6, 6.07) is 12.6. The number of nitrogens with zero attached hydrogens (tertiary/aromatic N) is 5. The molecule has 1 N–H and O–H groups in total. The highest BCUT2D eigenvalue weighted by molar-refractivity contribution is 14.0. The predicted octanol–water partition coefficient (Wildman–Crippen LogP) is 3.89. The highest BCUT2D eigenvalue weighted by Gasteiger charge is 2.09. The minimum atomic E-state index is 0. The Morgan fingerprint density at radius 3 is 2.57 bits per heavy atom. The van der Waals surface area contributed by atoms with Crippen molar-refractivity contribution in [2.75, 3.05) is 13.6 Å². The molecule has 2 heterocycles. The second-order valence-electron chi connectivity index (χ2n) is 6.97. The van der Waals surface area contributed by atoms with Crippen molar-refractivity contribution in [3.63, 3.8) is 0 Å². The van der Waals surface area contributed by atoms with E-state index in [1.807, 2.05) is 12.1 Å². The monoisotopic (exact) mass is 522 g/mol. The third kappa shape index (κ3) is 6.86. The summed E-state index contributed by atoms with van der Waals surface area (Å²) < 4.78 is 7.50. The van der Waals surface area contributed by atoms with Gasteiger partial charge in [0.15, 0.2) is 5.96 Å². The van der Waals surface area contributed by atoms with E-state index in [4.69, 9.17) is 9.41 Å². The van der Waals surface area contributed by atoms with E-state index in [9.17, 15) is 0 Å². The van der Waals surface area contributed by atoms with E-state index in [1.54, 1.807) is 12.6 Å². The van der Waals surface area contributed by atoms with Crippen LogP contribution >= 0.6 is 24.0 Å². The maximum Gasteiger partial charge on any atom is 0.194 e. The highest BCUT2D eigenvalue weighted by atomic mass is 127. The molecule has 162 valence electrons. The number of rotatable bonds is 9. The molecule has 0 atom stereocenters. The Bertz CT molecular complexity index is 889. The van der Waals surface area contributed by atoms with E-state index >= 15 is 0 Å². The number of benzene rings is 1. The predicted molar refractivity (Wildman–Crippen MR) is 130 cm³/mol. The lowest BCUT2D eigenvalue weighted by atomic mass is 10.1. The summed E-state index contributed by atoms with van der Waals surface area (Å²) in [5.74, 6) is 2.68. The molecule has 0 saturated carbocycles. The van der Waals surface area contributed by atoms with Gasteiger partial charge >= 0.3 is 0 Å². The van der Waals surface area contributed by atoms with E-state index in [-0.39, 0.29) is 24.0 Å². The van der Waals surface area contributed by atoms with Crippen molar-refractivity contribution in [3.05, 3.63) is 71.7 Å². The molecule has 0 amide bonds. The number of aromatic nitrogens is 3. The van der Waals surface area contributed by atoms with Gasteiger partial charge in [0.2, 0.25) is 0 Å². The van der Waals surface area contributed by atoms with Gasteiger partial charge in [-0.15, -0.1) is 34.2 Å². The summed E-state index contributed by atoms with van der Waals surface area (Å²) in [4.78, 5) is 6.89. The number of hydrogen-bond donors (Lipinski definition) is 1. The van der Waals surface area contributed by atoms with E-state index in [2.05, 4.69) is 70.1 Å². The summed E-state index contributed by atoms with van der Waals surface area (Å²) in [5, 5.41) is 11.6. The summed E-state index contributed by atoms with van der Waals surface area (Å²) in [7, 11) is 2.05. The fraction of sp³-hybridized carbons (Fsp3) is 0.409. The normalized spacial score (nSPS) is 11.2. The Kier molecular flexibility index (Phi) is 9.85. The standard InChI is InChI=1S/C22H30N6O.HI/c1-4-18-8-10-19(11-9-18)16-27(3)22(24-15-20-7-6-14-29-20)23-12-13-28-17-25-26-21(28)5-2;/h6-11,14,17H,4-5,12-13,15-16H2,1-3H3,(H,23,24);1H. The van der Waals surface area contributed by atoms with Crippen LogP contribution in [0.5, 0.6) is 0 Å². The molecule has 0 fully saturated rings. The number of halogens is 1. The second-order valence-corrected chi connectivity index (χ2v) is 6.97. The van der Waals surface area contributed by atoms with Crippen LogP contribution in [0.2, 0.25) is 0 Å². The average molecular weight is 522 g/mol. The van der Waals surface area contributed by atoms with Crippen LogP contribution in [-0.4, -0.2) is 39.2 Å². The first kappa shape index (κ1) is 23.9. The van der Waals surface area contributed by atoms with Crippen molar-refractivity contribution in [1.29, 1.82) is 0 Å². The fourth-order valence-corrected chi connectivity index (χ4v) is 3.12. The van der Waals surface area contributed by atoms with Crippen LogP contribution in [0.25, 0.3) is 0 Å². The van der Waals surface area contributed by atoms with Gasteiger partial charge in [-0.25, -0.2) is 4.99 Å². The quantitative estimate of drug-likeness (QED) is 0.262. The Morgan fingerprint density at radius 1 is 1.13 bits per heavy atom. The molecule has 7 nitrogen and oxygen atoms in total. The van der Waals surface area contributed by atoms with Crippen molar-refractivity contribution in [3.8, 4) is 0 Å². The Balaban J connectivity index is 0.00000320. The second kappa shape index (κ2) is 12.4. The van der Waals surface area contributed by atoms with E-state index < -0.39 is 0 Å².